The van der Waals surface area contributed by atoms with Crippen molar-refractivity contribution in [3.05, 3.63) is 35.9 Å². The molecule has 0 aliphatic carbocycles. The van der Waals surface area contributed by atoms with Crippen LogP contribution in [0.25, 0.3) is 0 Å². The summed E-state index contributed by atoms with van der Waals surface area (Å²) in [5, 5.41) is 9.04. The molecular formula is C14H17NO. The Kier molecular flexibility index (Phi) is 4.72. The van der Waals surface area contributed by atoms with E-state index in [1.165, 1.54) is 0 Å². The van der Waals surface area contributed by atoms with Crippen LogP contribution in [0.15, 0.2) is 30.3 Å². The molecule has 2 heteroatoms. The topological polar surface area (TPSA) is 40.9 Å². The Labute approximate surface area is 96.9 Å². The summed E-state index contributed by atoms with van der Waals surface area (Å²) in [6.07, 6.45) is 1.34. The first-order valence-corrected chi connectivity index (χ1v) is 5.62. The third-order valence-electron chi connectivity index (χ3n) is 2.55. The van der Waals surface area contributed by atoms with E-state index in [9.17, 15) is 4.79 Å². The van der Waals surface area contributed by atoms with Crippen LogP contribution in [0.2, 0.25) is 0 Å². The van der Waals surface area contributed by atoms with Gasteiger partial charge < -0.3 is 0 Å². The number of benzene rings is 1. The van der Waals surface area contributed by atoms with Gasteiger partial charge in [-0.25, -0.2) is 0 Å². The molecule has 84 valence electrons. The molecule has 0 N–H and O–H groups in total. The third kappa shape index (κ3) is 3.51. The first-order valence-electron chi connectivity index (χ1n) is 5.62. The molecule has 1 rings (SSSR count). The molecule has 1 atom stereocenters. The maximum atomic E-state index is 11.9. The van der Waals surface area contributed by atoms with Crippen molar-refractivity contribution in [1.82, 2.24) is 0 Å². The van der Waals surface area contributed by atoms with Gasteiger partial charge in [-0.1, -0.05) is 44.2 Å². The van der Waals surface area contributed by atoms with E-state index in [0.717, 1.165) is 12.0 Å². The number of rotatable bonds is 5. The van der Waals surface area contributed by atoms with E-state index in [1.54, 1.807) is 0 Å². The summed E-state index contributed by atoms with van der Waals surface area (Å²) >= 11 is 0. The molecule has 0 heterocycles. The molecular weight excluding hydrogens is 198 g/mol. The van der Waals surface area contributed by atoms with E-state index in [-0.39, 0.29) is 5.78 Å². The summed E-state index contributed by atoms with van der Waals surface area (Å²) < 4.78 is 0. The third-order valence-corrected chi connectivity index (χ3v) is 2.55. The highest BCUT2D eigenvalue weighted by atomic mass is 16.1. The maximum absolute atomic E-state index is 11.9. The largest absolute Gasteiger partial charge is 0.298 e. The molecule has 16 heavy (non-hydrogen) atoms. The zero-order valence-electron chi connectivity index (χ0n) is 9.81. The lowest BCUT2D eigenvalue weighted by Gasteiger charge is -2.09. The van der Waals surface area contributed by atoms with Crippen molar-refractivity contribution in [3.8, 4) is 6.07 Å². The monoisotopic (exact) mass is 215 g/mol. The Morgan fingerprint density at radius 3 is 2.44 bits per heavy atom. The highest BCUT2D eigenvalue weighted by molar-refractivity contribution is 5.88. The van der Waals surface area contributed by atoms with Gasteiger partial charge in [0.1, 0.15) is 5.92 Å². The summed E-state index contributed by atoms with van der Waals surface area (Å²) in [4.78, 5) is 11.9. The van der Waals surface area contributed by atoms with E-state index in [4.69, 9.17) is 5.26 Å². The summed E-state index contributed by atoms with van der Waals surface area (Å²) in [7, 11) is 0. The van der Waals surface area contributed by atoms with Crippen LogP contribution in [0.5, 0.6) is 0 Å². The molecule has 2 nitrogen and oxygen atoms in total. The standard InChI is InChI=1S/C14H17NO/c1-11(2)8-9-14(16)13(10-15)12-6-4-3-5-7-12/h3-7,11,13H,8-9H2,1-2H3. The molecule has 0 fully saturated rings. The maximum Gasteiger partial charge on any atom is 0.154 e. The van der Waals surface area contributed by atoms with Crippen LogP contribution >= 0.6 is 0 Å². The molecule has 0 saturated heterocycles. The number of carbonyl (C=O) groups excluding carboxylic acids is 1. The minimum atomic E-state index is -0.597. The van der Waals surface area contributed by atoms with E-state index in [0.29, 0.717) is 12.3 Å². The normalized spacial score (nSPS) is 12.1. The first-order chi connectivity index (χ1) is 7.65. The smallest absolute Gasteiger partial charge is 0.154 e. The Balaban J connectivity index is 2.69. The molecule has 0 amide bonds. The van der Waals surface area contributed by atoms with E-state index >= 15 is 0 Å². The molecule has 0 aliphatic rings. The Bertz CT molecular complexity index is 375. The van der Waals surface area contributed by atoms with Crippen molar-refractivity contribution in [2.24, 2.45) is 5.92 Å². The second-order valence-corrected chi connectivity index (χ2v) is 4.37. The second-order valence-electron chi connectivity index (χ2n) is 4.37. The zero-order valence-corrected chi connectivity index (χ0v) is 9.81. The fourth-order valence-corrected chi connectivity index (χ4v) is 1.55. The molecule has 0 saturated carbocycles. The van der Waals surface area contributed by atoms with Gasteiger partial charge in [0.05, 0.1) is 6.07 Å². The van der Waals surface area contributed by atoms with E-state index in [1.807, 2.05) is 30.3 Å². The number of carbonyl (C=O) groups is 1. The number of Topliss-reactive ketones (excluding diaryl/α,β-unsaturated/α-hetero) is 1. The number of nitriles is 1. The Morgan fingerprint density at radius 1 is 1.31 bits per heavy atom. The second kappa shape index (κ2) is 6.07. The summed E-state index contributed by atoms with van der Waals surface area (Å²) in [5.41, 5.74) is 0.804. The van der Waals surface area contributed by atoms with Crippen LogP contribution in [0.3, 0.4) is 0 Å². The van der Waals surface area contributed by atoms with Gasteiger partial charge in [0.15, 0.2) is 5.78 Å². The lowest BCUT2D eigenvalue weighted by Crippen LogP contribution is -2.11. The zero-order chi connectivity index (χ0) is 12.0. The van der Waals surface area contributed by atoms with Crippen LogP contribution in [-0.2, 0) is 4.79 Å². The molecule has 0 bridgehead atoms. The fourth-order valence-electron chi connectivity index (χ4n) is 1.55. The van der Waals surface area contributed by atoms with Crippen LogP contribution in [0, 0.1) is 17.2 Å². The molecule has 0 aromatic heterocycles. The summed E-state index contributed by atoms with van der Waals surface area (Å²) in [6.45, 7) is 4.16. The van der Waals surface area contributed by atoms with Crippen molar-refractivity contribution >= 4 is 5.78 Å². The minimum absolute atomic E-state index is 0.0300. The van der Waals surface area contributed by atoms with Gasteiger partial charge >= 0.3 is 0 Å². The SMILES string of the molecule is CC(C)CCC(=O)C(C#N)c1ccccc1. The van der Waals surface area contributed by atoms with Crippen molar-refractivity contribution in [1.29, 1.82) is 5.26 Å². The molecule has 0 radical (unpaired) electrons. The van der Waals surface area contributed by atoms with Crippen LogP contribution < -0.4 is 0 Å². The van der Waals surface area contributed by atoms with Gasteiger partial charge in [0, 0.05) is 6.42 Å². The van der Waals surface area contributed by atoms with Crippen molar-refractivity contribution < 1.29 is 4.79 Å². The minimum Gasteiger partial charge on any atom is -0.298 e. The van der Waals surface area contributed by atoms with Crippen LogP contribution in [0.1, 0.15) is 38.2 Å². The average Bonchev–Trinajstić information content (AvgIpc) is 2.29. The summed E-state index contributed by atoms with van der Waals surface area (Å²) in [6, 6.07) is 11.4. The van der Waals surface area contributed by atoms with Gasteiger partial charge in [-0.3, -0.25) is 4.79 Å². The lowest BCUT2D eigenvalue weighted by atomic mass is 9.92. The van der Waals surface area contributed by atoms with Gasteiger partial charge in [-0.05, 0) is 17.9 Å². The molecule has 1 aromatic rings. The fraction of sp³-hybridized carbons (Fsp3) is 0.429. The highest BCUT2D eigenvalue weighted by Crippen LogP contribution is 2.19. The van der Waals surface area contributed by atoms with Crippen molar-refractivity contribution in [2.75, 3.05) is 0 Å². The first kappa shape index (κ1) is 12.4. The Hall–Kier alpha value is -1.62. The number of hydrogen-bond donors (Lipinski definition) is 0. The molecule has 0 aliphatic heterocycles. The highest BCUT2D eigenvalue weighted by Gasteiger charge is 2.19. The van der Waals surface area contributed by atoms with Crippen molar-refractivity contribution in [2.45, 2.75) is 32.6 Å². The number of nitrogens with zero attached hydrogens (tertiary/aromatic N) is 1. The van der Waals surface area contributed by atoms with Gasteiger partial charge in [-0.15, -0.1) is 0 Å². The predicted octanol–water partition coefficient (Wildman–Crippen LogP) is 3.30. The number of ketones is 1. The molecule has 0 spiro atoms. The van der Waals surface area contributed by atoms with E-state index < -0.39 is 5.92 Å². The Morgan fingerprint density at radius 2 is 1.94 bits per heavy atom. The predicted molar refractivity (Wildman–Crippen MR) is 63.9 cm³/mol. The quantitative estimate of drug-likeness (QED) is 0.756. The van der Waals surface area contributed by atoms with Crippen molar-refractivity contribution in [3.63, 3.8) is 0 Å². The van der Waals surface area contributed by atoms with Gasteiger partial charge in [-0.2, -0.15) is 5.26 Å². The van der Waals surface area contributed by atoms with Gasteiger partial charge in [0.2, 0.25) is 0 Å². The van der Waals surface area contributed by atoms with Crippen LogP contribution in [0.4, 0.5) is 0 Å². The van der Waals surface area contributed by atoms with Crippen LogP contribution in [-0.4, -0.2) is 5.78 Å². The lowest BCUT2D eigenvalue weighted by molar-refractivity contribution is -0.119. The summed E-state index contributed by atoms with van der Waals surface area (Å²) in [5.74, 6) is -0.0681. The van der Waals surface area contributed by atoms with Gasteiger partial charge in [0.25, 0.3) is 0 Å². The average molecular weight is 215 g/mol. The molecule has 1 aromatic carbocycles. The molecule has 1 unspecified atom stereocenters. The number of hydrogen-bond acceptors (Lipinski definition) is 2. The van der Waals surface area contributed by atoms with E-state index in [2.05, 4.69) is 19.9 Å².